The Balaban J connectivity index is 1.97. The summed E-state index contributed by atoms with van der Waals surface area (Å²) in [6.45, 7) is 4.03. The molecule has 0 saturated carbocycles. The van der Waals surface area contributed by atoms with E-state index in [9.17, 15) is 9.59 Å². The molecule has 1 aromatic rings. The highest BCUT2D eigenvalue weighted by Gasteiger charge is 2.37. The number of methoxy groups -OCH3 is 2. The fourth-order valence-corrected chi connectivity index (χ4v) is 3.66. The van der Waals surface area contributed by atoms with Gasteiger partial charge >= 0.3 is 0 Å². The van der Waals surface area contributed by atoms with Crippen molar-refractivity contribution in [1.29, 1.82) is 0 Å². The Morgan fingerprint density at radius 3 is 2.69 bits per heavy atom. The molecule has 0 saturated heterocycles. The molecule has 1 heterocycles. The number of nitrogens with one attached hydrogen (secondary N) is 1. The summed E-state index contributed by atoms with van der Waals surface area (Å²) in [6.07, 6.45) is 9.81. The minimum Gasteiger partial charge on any atom is -0.497 e. The first kappa shape index (κ1) is 21.1. The van der Waals surface area contributed by atoms with E-state index in [2.05, 4.69) is 12.2 Å². The maximum Gasteiger partial charge on any atom is 0.235 e. The van der Waals surface area contributed by atoms with Gasteiger partial charge < -0.3 is 19.5 Å². The van der Waals surface area contributed by atoms with Crippen LogP contribution in [0, 0.1) is 5.92 Å². The number of fused-ring (bicyclic) bond motifs is 1. The average Bonchev–Trinajstić information content (AvgIpc) is 2.72. The number of ketones is 1. The number of benzene rings is 1. The SMILES string of the molecule is CCCCCC1C(=O)Nc2c(OC3=CC=CC[C@@]3(C)OC)cc(OC)cc2C1=O. The van der Waals surface area contributed by atoms with Crippen LogP contribution < -0.4 is 14.8 Å². The van der Waals surface area contributed by atoms with Crippen molar-refractivity contribution in [3.8, 4) is 11.5 Å². The maximum atomic E-state index is 13.1. The molecule has 6 nitrogen and oxygen atoms in total. The predicted molar refractivity (Wildman–Crippen MR) is 111 cm³/mol. The highest BCUT2D eigenvalue weighted by molar-refractivity contribution is 6.21. The van der Waals surface area contributed by atoms with E-state index in [-0.39, 0.29) is 11.7 Å². The summed E-state index contributed by atoms with van der Waals surface area (Å²) in [5.41, 5.74) is 0.184. The quantitative estimate of drug-likeness (QED) is 0.509. The molecule has 0 fully saturated rings. The Hall–Kier alpha value is -2.60. The van der Waals surface area contributed by atoms with Crippen LogP contribution in [0.15, 0.2) is 36.1 Å². The van der Waals surface area contributed by atoms with Crippen molar-refractivity contribution in [2.75, 3.05) is 19.5 Å². The second kappa shape index (κ2) is 8.82. The third-order valence-electron chi connectivity index (χ3n) is 5.64. The molecule has 2 aliphatic rings. The van der Waals surface area contributed by atoms with Gasteiger partial charge in [-0.25, -0.2) is 0 Å². The summed E-state index contributed by atoms with van der Waals surface area (Å²) in [5, 5.41) is 2.90. The lowest BCUT2D eigenvalue weighted by atomic mass is 9.87. The summed E-state index contributed by atoms with van der Waals surface area (Å²) < 4.78 is 17.2. The molecule has 1 aliphatic carbocycles. The number of anilines is 1. The van der Waals surface area contributed by atoms with Gasteiger partial charge in [0.25, 0.3) is 0 Å². The third kappa shape index (κ3) is 4.22. The zero-order chi connectivity index (χ0) is 21.0. The molecular weight excluding hydrogens is 370 g/mol. The number of carbonyl (C=O) groups is 2. The van der Waals surface area contributed by atoms with Crippen molar-refractivity contribution in [3.05, 3.63) is 41.7 Å². The number of ether oxygens (including phenoxy) is 3. The number of carbonyl (C=O) groups excluding carboxylic acids is 2. The fourth-order valence-electron chi connectivity index (χ4n) is 3.66. The topological polar surface area (TPSA) is 73.9 Å². The second-order valence-corrected chi connectivity index (χ2v) is 7.65. The van der Waals surface area contributed by atoms with E-state index in [1.807, 2.05) is 25.2 Å². The fraction of sp³-hybridized carbons (Fsp3) is 0.478. The molecule has 156 valence electrons. The van der Waals surface area contributed by atoms with E-state index in [0.29, 0.717) is 41.4 Å². The first-order chi connectivity index (χ1) is 13.9. The number of rotatable bonds is 8. The van der Waals surface area contributed by atoms with Gasteiger partial charge in [-0.15, -0.1) is 0 Å². The Morgan fingerprint density at radius 1 is 1.21 bits per heavy atom. The molecule has 1 N–H and O–H groups in total. The Kier molecular flexibility index (Phi) is 6.42. The van der Waals surface area contributed by atoms with Crippen molar-refractivity contribution >= 4 is 17.4 Å². The van der Waals surface area contributed by atoms with Gasteiger partial charge in [-0.2, -0.15) is 0 Å². The van der Waals surface area contributed by atoms with Crippen LogP contribution >= 0.6 is 0 Å². The van der Waals surface area contributed by atoms with Crippen molar-refractivity contribution < 1.29 is 23.8 Å². The van der Waals surface area contributed by atoms with Crippen LogP contribution in [0.1, 0.15) is 56.3 Å². The second-order valence-electron chi connectivity index (χ2n) is 7.65. The first-order valence-electron chi connectivity index (χ1n) is 10.1. The van der Waals surface area contributed by atoms with Gasteiger partial charge in [0.15, 0.2) is 11.5 Å². The molecule has 1 amide bonds. The molecule has 0 spiro atoms. The van der Waals surface area contributed by atoms with E-state index in [0.717, 1.165) is 19.3 Å². The number of amides is 1. The van der Waals surface area contributed by atoms with Crippen LogP contribution in [0.25, 0.3) is 0 Å². The smallest absolute Gasteiger partial charge is 0.235 e. The van der Waals surface area contributed by atoms with Crippen molar-refractivity contribution in [1.82, 2.24) is 0 Å². The standard InChI is InChI=1S/C23H29NO5/c1-5-6-7-10-16-21(25)17-13-15(27-3)14-18(20(17)24-22(16)26)29-19-11-8-9-12-23(19,2)28-4/h8-9,11,13-14,16H,5-7,10,12H2,1-4H3,(H,24,26)/t16?,23-/m1/s1. The predicted octanol–water partition coefficient (Wildman–Crippen LogP) is 4.65. The summed E-state index contributed by atoms with van der Waals surface area (Å²) in [7, 11) is 3.17. The highest BCUT2D eigenvalue weighted by Crippen LogP contribution is 2.41. The molecule has 29 heavy (non-hydrogen) atoms. The molecule has 1 aliphatic heterocycles. The van der Waals surface area contributed by atoms with Crippen molar-refractivity contribution in [2.45, 2.75) is 51.6 Å². The number of allylic oxidation sites excluding steroid dienone is 2. The summed E-state index contributed by atoms with van der Waals surface area (Å²) in [5.74, 6) is 0.343. The normalized spacial score (nSPS) is 23.3. The molecule has 2 atom stereocenters. The van der Waals surface area contributed by atoms with Crippen LogP contribution in [0.4, 0.5) is 5.69 Å². The Bertz CT molecular complexity index is 857. The largest absolute Gasteiger partial charge is 0.497 e. The van der Waals surface area contributed by atoms with Gasteiger partial charge in [0.1, 0.15) is 23.0 Å². The van der Waals surface area contributed by atoms with Gasteiger partial charge in [-0.1, -0.05) is 38.3 Å². The highest BCUT2D eigenvalue weighted by atomic mass is 16.5. The Labute approximate surface area is 171 Å². The summed E-state index contributed by atoms with van der Waals surface area (Å²) in [6, 6.07) is 3.35. The van der Waals surface area contributed by atoms with Crippen LogP contribution in [0.5, 0.6) is 11.5 Å². The molecule has 1 unspecified atom stereocenters. The zero-order valence-electron chi connectivity index (χ0n) is 17.5. The van der Waals surface area contributed by atoms with Gasteiger partial charge in [-0.3, -0.25) is 9.59 Å². The minimum absolute atomic E-state index is 0.185. The zero-order valence-corrected chi connectivity index (χ0v) is 17.5. The lowest BCUT2D eigenvalue weighted by molar-refractivity contribution is -0.119. The van der Waals surface area contributed by atoms with Gasteiger partial charge in [0, 0.05) is 25.2 Å². The lowest BCUT2D eigenvalue weighted by Gasteiger charge is -2.32. The molecule has 6 heteroatoms. The van der Waals surface area contributed by atoms with E-state index < -0.39 is 11.5 Å². The van der Waals surface area contributed by atoms with Crippen LogP contribution in [0.2, 0.25) is 0 Å². The van der Waals surface area contributed by atoms with Crippen molar-refractivity contribution in [3.63, 3.8) is 0 Å². The summed E-state index contributed by atoms with van der Waals surface area (Å²) >= 11 is 0. The number of unbranched alkanes of at least 4 members (excludes halogenated alkanes) is 2. The molecule has 1 aromatic carbocycles. The van der Waals surface area contributed by atoms with Crippen LogP contribution in [-0.4, -0.2) is 31.5 Å². The van der Waals surface area contributed by atoms with Gasteiger partial charge in [-0.05, 0) is 25.5 Å². The Morgan fingerprint density at radius 2 is 2.00 bits per heavy atom. The van der Waals surface area contributed by atoms with E-state index >= 15 is 0 Å². The first-order valence-corrected chi connectivity index (χ1v) is 10.1. The van der Waals surface area contributed by atoms with Gasteiger partial charge in [0.05, 0.1) is 12.8 Å². The third-order valence-corrected chi connectivity index (χ3v) is 5.64. The average molecular weight is 399 g/mol. The molecule has 0 radical (unpaired) electrons. The van der Waals surface area contributed by atoms with E-state index in [1.54, 1.807) is 19.2 Å². The van der Waals surface area contributed by atoms with Crippen molar-refractivity contribution in [2.24, 2.45) is 5.92 Å². The molecule has 0 bridgehead atoms. The molecule has 0 aromatic heterocycles. The van der Waals surface area contributed by atoms with Gasteiger partial charge in [0.2, 0.25) is 5.91 Å². The van der Waals surface area contributed by atoms with Crippen LogP contribution in [0.3, 0.4) is 0 Å². The summed E-state index contributed by atoms with van der Waals surface area (Å²) in [4.78, 5) is 25.8. The number of Topliss-reactive ketones (excluding diaryl/α,β-unsaturated/α-hetero) is 1. The number of hydrogen-bond donors (Lipinski definition) is 1. The van der Waals surface area contributed by atoms with E-state index in [1.165, 1.54) is 7.11 Å². The number of hydrogen-bond acceptors (Lipinski definition) is 5. The monoisotopic (exact) mass is 399 g/mol. The van der Waals surface area contributed by atoms with E-state index in [4.69, 9.17) is 14.2 Å². The molecule has 3 rings (SSSR count). The lowest BCUT2D eigenvalue weighted by Crippen LogP contribution is -2.36. The van der Waals surface area contributed by atoms with Crippen LogP contribution in [-0.2, 0) is 9.53 Å². The molecular formula is C23H29NO5. The minimum atomic E-state index is -0.671. The maximum absolute atomic E-state index is 13.1.